The number of rotatable bonds is 4. The Labute approximate surface area is 128 Å². The Morgan fingerprint density at radius 2 is 1.95 bits per heavy atom. The third-order valence-corrected chi connectivity index (χ3v) is 7.57. The number of nitrogens with two attached hydrogens (primary N) is 1. The van der Waals surface area contributed by atoms with E-state index in [0.29, 0.717) is 17.3 Å². The maximum absolute atomic E-state index is 12.3. The Morgan fingerprint density at radius 1 is 1.29 bits per heavy atom. The van der Waals surface area contributed by atoms with Crippen molar-refractivity contribution in [3.8, 4) is 0 Å². The maximum atomic E-state index is 12.3. The molecule has 2 aliphatic heterocycles. The number of likely N-dealkylation sites (tertiary alicyclic amines) is 1. The molecule has 2 N–H and O–H groups in total. The van der Waals surface area contributed by atoms with Gasteiger partial charge in [-0.05, 0) is 37.4 Å². The molecular weight excluding hydrogens is 310 g/mol. The zero-order chi connectivity index (χ0) is 15.0. The zero-order valence-electron chi connectivity index (χ0n) is 11.6. The summed E-state index contributed by atoms with van der Waals surface area (Å²) in [7, 11) is -3.30. The van der Waals surface area contributed by atoms with Crippen LogP contribution in [-0.4, -0.2) is 55.8 Å². The SMILES string of the molecule is NC(=O)C1CCN(C2CN(S(=O)(=O)c3cccs3)C2)CC1. The molecule has 0 radical (unpaired) electrons. The van der Waals surface area contributed by atoms with Gasteiger partial charge in [0.1, 0.15) is 4.21 Å². The van der Waals surface area contributed by atoms with E-state index in [-0.39, 0.29) is 17.9 Å². The highest BCUT2D eigenvalue weighted by atomic mass is 32.2. The number of hydrogen-bond donors (Lipinski definition) is 1. The lowest BCUT2D eigenvalue weighted by Crippen LogP contribution is -2.62. The van der Waals surface area contributed by atoms with E-state index < -0.39 is 10.0 Å². The molecule has 116 valence electrons. The standard InChI is InChI=1S/C13H19N3O3S2/c14-13(17)10-3-5-15(6-4-10)11-8-16(9-11)21(18,19)12-2-1-7-20-12/h1-2,7,10-11H,3-6,8-9H2,(H2,14,17). The zero-order valence-corrected chi connectivity index (χ0v) is 13.3. The number of nitrogens with zero attached hydrogens (tertiary/aromatic N) is 2. The van der Waals surface area contributed by atoms with Gasteiger partial charge < -0.3 is 5.73 Å². The molecule has 2 fully saturated rings. The molecule has 0 unspecified atom stereocenters. The second-order valence-electron chi connectivity index (χ2n) is 5.62. The van der Waals surface area contributed by atoms with Crippen molar-refractivity contribution in [3.63, 3.8) is 0 Å². The van der Waals surface area contributed by atoms with E-state index in [1.54, 1.807) is 17.5 Å². The van der Waals surface area contributed by atoms with Crippen LogP contribution in [0.2, 0.25) is 0 Å². The summed E-state index contributed by atoms with van der Waals surface area (Å²) in [4.78, 5) is 13.4. The summed E-state index contributed by atoms with van der Waals surface area (Å²) in [5.41, 5.74) is 5.32. The predicted molar refractivity (Wildman–Crippen MR) is 80.4 cm³/mol. The molecule has 1 amide bonds. The van der Waals surface area contributed by atoms with E-state index in [1.165, 1.54) is 15.6 Å². The van der Waals surface area contributed by atoms with Crippen LogP contribution in [0.5, 0.6) is 0 Å². The number of primary amides is 1. The van der Waals surface area contributed by atoms with Crippen LogP contribution in [0, 0.1) is 5.92 Å². The Hall–Kier alpha value is -0.960. The minimum atomic E-state index is -3.30. The summed E-state index contributed by atoms with van der Waals surface area (Å²) in [5, 5.41) is 1.78. The lowest BCUT2D eigenvalue weighted by atomic mass is 9.94. The number of piperidine rings is 1. The van der Waals surface area contributed by atoms with Gasteiger partial charge in [0.15, 0.2) is 0 Å². The van der Waals surface area contributed by atoms with E-state index in [0.717, 1.165) is 25.9 Å². The number of amides is 1. The molecule has 0 aromatic carbocycles. The quantitative estimate of drug-likeness (QED) is 0.862. The highest BCUT2D eigenvalue weighted by Crippen LogP contribution is 2.29. The number of thiophene rings is 1. The number of sulfonamides is 1. The molecule has 0 spiro atoms. The first-order chi connectivity index (χ1) is 9.98. The van der Waals surface area contributed by atoms with Crippen molar-refractivity contribution in [3.05, 3.63) is 17.5 Å². The molecule has 21 heavy (non-hydrogen) atoms. The topological polar surface area (TPSA) is 83.7 Å². The predicted octanol–water partition coefficient (Wildman–Crippen LogP) is 0.318. The fourth-order valence-corrected chi connectivity index (χ4v) is 5.59. The number of hydrogen-bond acceptors (Lipinski definition) is 5. The molecule has 0 bridgehead atoms. The van der Waals surface area contributed by atoms with Crippen molar-refractivity contribution in [1.82, 2.24) is 9.21 Å². The summed E-state index contributed by atoms with van der Waals surface area (Å²) >= 11 is 1.25. The summed E-state index contributed by atoms with van der Waals surface area (Å²) in [6.07, 6.45) is 1.56. The summed E-state index contributed by atoms with van der Waals surface area (Å²) in [6, 6.07) is 3.67. The monoisotopic (exact) mass is 329 g/mol. The van der Waals surface area contributed by atoms with Crippen LogP contribution in [-0.2, 0) is 14.8 Å². The first-order valence-corrected chi connectivity index (χ1v) is 9.37. The van der Waals surface area contributed by atoms with Gasteiger partial charge >= 0.3 is 0 Å². The second-order valence-corrected chi connectivity index (χ2v) is 8.73. The van der Waals surface area contributed by atoms with E-state index in [2.05, 4.69) is 4.90 Å². The van der Waals surface area contributed by atoms with Crippen LogP contribution in [0.4, 0.5) is 0 Å². The van der Waals surface area contributed by atoms with Crippen molar-refractivity contribution in [2.24, 2.45) is 11.7 Å². The van der Waals surface area contributed by atoms with Crippen LogP contribution >= 0.6 is 11.3 Å². The second kappa shape index (κ2) is 5.68. The van der Waals surface area contributed by atoms with Crippen LogP contribution < -0.4 is 5.73 Å². The van der Waals surface area contributed by atoms with Crippen molar-refractivity contribution < 1.29 is 13.2 Å². The molecule has 2 saturated heterocycles. The minimum Gasteiger partial charge on any atom is -0.369 e. The normalized spacial score (nSPS) is 23.0. The van der Waals surface area contributed by atoms with Gasteiger partial charge in [0.25, 0.3) is 10.0 Å². The molecule has 2 aliphatic rings. The molecule has 8 heteroatoms. The third kappa shape index (κ3) is 2.85. The highest BCUT2D eigenvalue weighted by Gasteiger charge is 2.41. The smallest absolute Gasteiger partial charge is 0.252 e. The van der Waals surface area contributed by atoms with Gasteiger partial charge in [0.2, 0.25) is 5.91 Å². The van der Waals surface area contributed by atoms with Gasteiger partial charge in [-0.1, -0.05) is 6.07 Å². The average molecular weight is 329 g/mol. The van der Waals surface area contributed by atoms with E-state index in [4.69, 9.17) is 5.73 Å². The highest BCUT2D eigenvalue weighted by molar-refractivity contribution is 7.91. The van der Waals surface area contributed by atoms with Gasteiger partial charge in [0.05, 0.1) is 0 Å². The van der Waals surface area contributed by atoms with Gasteiger partial charge in [-0.3, -0.25) is 9.69 Å². The molecule has 3 heterocycles. The first kappa shape index (κ1) is 15.0. The molecule has 1 aromatic heterocycles. The van der Waals surface area contributed by atoms with Crippen LogP contribution in [0.25, 0.3) is 0 Å². The molecule has 1 aromatic rings. The van der Waals surface area contributed by atoms with Gasteiger partial charge in [-0.25, -0.2) is 8.42 Å². The lowest BCUT2D eigenvalue weighted by Gasteiger charge is -2.46. The van der Waals surface area contributed by atoms with Crippen molar-refractivity contribution in [2.75, 3.05) is 26.2 Å². The molecule has 6 nitrogen and oxygen atoms in total. The molecule has 0 saturated carbocycles. The Bertz CT molecular complexity index is 601. The first-order valence-electron chi connectivity index (χ1n) is 7.05. The molecule has 3 rings (SSSR count). The number of carbonyl (C=O) groups excluding carboxylic acids is 1. The average Bonchev–Trinajstić information content (AvgIpc) is 2.91. The van der Waals surface area contributed by atoms with Crippen molar-refractivity contribution in [1.29, 1.82) is 0 Å². The van der Waals surface area contributed by atoms with Gasteiger partial charge in [-0.15, -0.1) is 11.3 Å². The van der Waals surface area contributed by atoms with Crippen LogP contribution in [0.3, 0.4) is 0 Å². The Balaban J connectivity index is 1.54. The summed E-state index contributed by atoms with van der Waals surface area (Å²) in [6.45, 7) is 2.74. The van der Waals surface area contributed by atoms with Crippen molar-refractivity contribution in [2.45, 2.75) is 23.1 Å². The lowest BCUT2D eigenvalue weighted by molar-refractivity contribution is -0.123. The van der Waals surface area contributed by atoms with Crippen molar-refractivity contribution >= 4 is 27.3 Å². The molecular formula is C13H19N3O3S2. The van der Waals surface area contributed by atoms with Gasteiger partial charge in [0, 0.05) is 25.0 Å². The van der Waals surface area contributed by atoms with Crippen LogP contribution in [0.15, 0.2) is 21.7 Å². The largest absolute Gasteiger partial charge is 0.369 e. The minimum absolute atomic E-state index is 0.0210. The van der Waals surface area contributed by atoms with E-state index >= 15 is 0 Å². The van der Waals surface area contributed by atoms with E-state index in [1.807, 2.05) is 0 Å². The van der Waals surface area contributed by atoms with Gasteiger partial charge in [-0.2, -0.15) is 4.31 Å². The molecule has 0 aliphatic carbocycles. The number of carbonyl (C=O) groups is 1. The third-order valence-electron chi connectivity index (χ3n) is 4.37. The summed E-state index contributed by atoms with van der Waals surface area (Å²) in [5.74, 6) is -0.238. The maximum Gasteiger partial charge on any atom is 0.252 e. The molecule has 0 atom stereocenters. The van der Waals surface area contributed by atoms with Crippen LogP contribution in [0.1, 0.15) is 12.8 Å². The fraction of sp³-hybridized carbons (Fsp3) is 0.615. The van der Waals surface area contributed by atoms with E-state index in [9.17, 15) is 13.2 Å². The Kier molecular flexibility index (Phi) is 4.04. The fourth-order valence-electron chi connectivity index (χ4n) is 2.93. The summed E-state index contributed by atoms with van der Waals surface area (Å²) < 4.78 is 26.5. The Morgan fingerprint density at radius 3 is 2.48 bits per heavy atom.